The Bertz CT molecular complexity index is 819. The largest absolute Gasteiger partial charge is 0.496 e. The van der Waals surface area contributed by atoms with E-state index in [-0.39, 0.29) is 5.91 Å². The molecule has 0 saturated carbocycles. The van der Waals surface area contributed by atoms with Gasteiger partial charge in [0.1, 0.15) is 17.3 Å². The van der Waals surface area contributed by atoms with Crippen LogP contribution in [0.15, 0.2) is 30.3 Å². The van der Waals surface area contributed by atoms with Gasteiger partial charge in [0.15, 0.2) is 0 Å². The molecule has 156 valence electrons. The summed E-state index contributed by atoms with van der Waals surface area (Å²) in [6.07, 6.45) is 3.31. The Balaban J connectivity index is 1.54. The first-order valence-corrected chi connectivity index (χ1v) is 10.4. The number of piperidine rings is 1. The van der Waals surface area contributed by atoms with Crippen molar-refractivity contribution in [2.24, 2.45) is 5.92 Å². The van der Waals surface area contributed by atoms with Crippen LogP contribution in [0.5, 0.6) is 5.75 Å². The first-order valence-electron chi connectivity index (χ1n) is 10.4. The van der Waals surface area contributed by atoms with Gasteiger partial charge in [0.2, 0.25) is 0 Å². The Kier molecular flexibility index (Phi) is 7.20. The lowest BCUT2D eigenvalue weighted by atomic mass is 9.97. The normalized spacial score (nSPS) is 17.2. The van der Waals surface area contributed by atoms with E-state index in [0.29, 0.717) is 17.4 Å². The summed E-state index contributed by atoms with van der Waals surface area (Å²) in [5.41, 5.74) is 2.56. The molecule has 0 aliphatic carbocycles. The van der Waals surface area contributed by atoms with E-state index in [2.05, 4.69) is 27.0 Å². The molecule has 1 atom stereocenters. The van der Waals surface area contributed by atoms with Gasteiger partial charge in [-0.25, -0.2) is 9.97 Å². The molecule has 0 bridgehead atoms. The summed E-state index contributed by atoms with van der Waals surface area (Å²) in [7, 11) is 3.60. The molecule has 0 N–H and O–H groups in total. The van der Waals surface area contributed by atoms with Crippen molar-refractivity contribution in [3.8, 4) is 5.75 Å². The molecule has 1 saturated heterocycles. The van der Waals surface area contributed by atoms with Crippen molar-refractivity contribution in [3.63, 3.8) is 0 Å². The van der Waals surface area contributed by atoms with Gasteiger partial charge in [-0.3, -0.25) is 4.79 Å². The Morgan fingerprint density at radius 2 is 2.07 bits per heavy atom. The third-order valence-electron chi connectivity index (χ3n) is 5.56. The monoisotopic (exact) mass is 396 g/mol. The fraction of sp³-hybridized carbons (Fsp3) is 0.522. The second-order valence-electron chi connectivity index (χ2n) is 8.00. The molecule has 2 heterocycles. The maximum atomic E-state index is 12.8. The molecule has 6 heteroatoms. The summed E-state index contributed by atoms with van der Waals surface area (Å²) in [5, 5.41) is 0. The number of nitrogens with zero attached hydrogens (tertiary/aromatic N) is 4. The molecule has 29 heavy (non-hydrogen) atoms. The fourth-order valence-electron chi connectivity index (χ4n) is 4.18. The molecule has 6 nitrogen and oxygen atoms in total. The van der Waals surface area contributed by atoms with Gasteiger partial charge in [0, 0.05) is 32.4 Å². The van der Waals surface area contributed by atoms with Gasteiger partial charge in [0.25, 0.3) is 5.91 Å². The zero-order valence-corrected chi connectivity index (χ0v) is 18.0. The summed E-state index contributed by atoms with van der Waals surface area (Å²) in [6.45, 7) is 7.63. The lowest BCUT2D eigenvalue weighted by Crippen LogP contribution is -2.42. The quantitative estimate of drug-likeness (QED) is 0.720. The van der Waals surface area contributed by atoms with Crippen molar-refractivity contribution in [3.05, 3.63) is 53.1 Å². The average molecular weight is 397 g/mol. The van der Waals surface area contributed by atoms with Crippen LogP contribution in [0.1, 0.15) is 40.4 Å². The van der Waals surface area contributed by atoms with E-state index in [1.54, 1.807) is 13.2 Å². The smallest absolute Gasteiger partial charge is 0.272 e. The highest BCUT2D eigenvalue weighted by Crippen LogP contribution is 2.21. The number of hydrogen-bond acceptors (Lipinski definition) is 5. The predicted molar refractivity (Wildman–Crippen MR) is 114 cm³/mol. The number of carbonyl (C=O) groups is 1. The summed E-state index contributed by atoms with van der Waals surface area (Å²) in [4.78, 5) is 25.7. The van der Waals surface area contributed by atoms with Crippen LogP contribution in [-0.2, 0) is 6.42 Å². The number of carbonyl (C=O) groups excluding carboxylic acids is 1. The van der Waals surface area contributed by atoms with E-state index in [1.165, 1.54) is 12.0 Å². The summed E-state index contributed by atoms with van der Waals surface area (Å²) >= 11 is 0. The first kappa shape index (κ1) is 21.2. The van der Waals surface area contributed by atoms with Crippen molar-refractivity contribution in [1.29, 1.82) is 0 Å². The molecular weight excluding hydrogens is 364 g/mol. The van der Waals surface area contributed by atoms with E-state index in [0.717, 1.165) is 50.5 Å². The summed E-state index contributed by atoms with van der Waals surface area (Å²) in [6, 6.07) is 10.00. The van der Waals surface area contributed by atoms with Crippen LogP contribution in [0, 0.1) is 19.8 Å². The zero-order chi connectivity index (χ0) is 20.8. The highest BCUT2D eigenvalue weighted by Gasteiger charge is 2.24. The van der Waals surface area contributed by atoms with Crippen LogP contribution in [0.3, 0.4) is 0 Å². The van der Waals surface area contributed by atoms with E-state index in [1.807, 2.05) is 37.9 Å². The molecule has 1 aliphatic heterocycles. The minimum absolute atomic E-state index is 0.0234. The highest BCUT2D eigenvalue weighted by molar-refractivity contribution is 5.92. The maximum absolute atomic E-state index is 12.8. The highest BCUT2D eigenvalue weighted by atomic mass is 16.5. The predicted octanol–water partition coefficient (Wildman–Crippen LogP) is 3.13. The number of ether oxygens (including phenoxy) is 1. The first-order chi connectivity index (χ1) is 14.0. The van der Waals surface area contributed by atoms with Crippen LogP contribution in [0.4, 0.5) is 0 Å². The number of hydrogen-bond donors (Lipinski definition) is 0. The van der Waals surface area contributed by atoms with E-state index in [9.17, 15) is 4.79 Å². The Morgan fingerprint density at radius 3 is 2.83 bits per heavy atom. The minimum atomic E-state index is -0.0234. The molecule has 0 spiro atoms. The molecule has 1 aliphatic rings. The molecule has 1 aromatic carbocycles. The molecule has 1 amide bonds. The molecule has 1 fully saturated rings. The number of likely N-dealkylation sites (tertiary alicyclic amines) is 1. The van der Waals surface area contributed by atoms with Gasteiger partial charge in [-0.15, -0.1) is 0 Å². The second-order valence-corrected chi connectivity index (χ2v) is 8.00. The van der Waals surface area contributed by atoms with Crippen molar-refractivity contribution in [2.45, 2.75) is 33.1 Å². The van der Waals surface area contributed by atoms with E-state index < -0.39 is 0 Å². The van der Waals surface area contributed by atoms with E-state index >= 15 is 0 Å². The molecule has 1 aromatic heterocycles. The van der Waals surface area contributed by atoms with Crippen LogP contribution in [0.25, 0.3) is 0 Å². The van der Waals surface area contributed by atoms with Crippen molar-refractivity contribution in [2.75, 3.05) is 40.3 Å². The minimum Gasteiger partial charge on any atom is -0.496 e. The van der Waals surface area contributed by atoms with E-state index in [4.69, 9.17) is 4.74 Å². The standard InChI is InChI=1S/C23H32N4O2/c1-17-14-21(25-18(2)24-17)23(28)26(3)15-19-8-7-12-27(16-19)13-11-20-9-5-6-10-22(20)29-4/h5-6,9-10,14,19H,7-8,11-13,15-16H2,1-4H3. The molecule has 2 aromatic rings. The van der Waals surface area contributed by atoms with Gasteiger partial charge >= 0.3 is 0 Å². The SMILES string of the molecule is COc1ccccc1CCN1CCCC(CN(C)C(=O)c2cc(C)nc(C)n2)C1. The Morgan fingerprint density at radius 1 is 1.28 bits per heavy atom. The number of amides is 1. The van der Waals surface area contributed by atoms with Crippen LogP contribution >= 0.6 is 0 Å². The number of aromatic nitrogens is 2. The topological polar surface area (TPSA) is 58.6 Å². The lowest BCUT2D eigenvalue weighted by Gasteiger charge is -2.34. The van der Waals surface area contributed by atoms with Crippen LogP contribution in [-0.4, -0.2) is 66.0 Å². The molecule has 3 rings (SSSR count). The van der Waals surface area contributed by atoms with Crippen LogP contribution in [0.2, 0.25) is 0 Å². The lowest BCUT2D eigenvalue weighted by molar-refractivity contribution is 0.0724. The van der Waals surface area contributed by atoms with Crippen molar-refractivity contribution < 1.29 is 9.53 Å². The number of aryl methyl sites for hydroxylation is 2. The zero-order valence-electron chi connectivity index (χ0n) is 18.0. The third kappa shape index (κ3) is 5.76. The summed E-state index contributed by atoms with van der Waals surface area (Å²) in [5.74, 6) is 2.06. The van der Waals surface area contributed by atoms with Gasteiger partial charge in [-0.05, 0) is 63.3 Å². The molecular formula is C23H32N4O2. The van der Waals surface area contributed by atoms with Gasteiger partial charge in [0.05, 0.1) is 7.11 Å². The fourth-order valence-corrected chi connectivity index (χ4v) is 4.18. The third-order valence-corrected chi connectivity index (χ3v) is 5.56. The number of methoxy groups -OCH3 is 1. The van der Waals surface area contributed by atoms with Crippen LogP contribution < -0.4 is 4.74 Å². The van der Waals surface area contributed by atoms with Gasteiger partial charge in [-0.2, -0.15) is 0 Å². The number of rotatable bonds is 7. The van der Waals surface area contributed by atoms with Gasteiger partial charge < -0.3 is 14.5 Å². The summed E-state index contributed by atoms with van der Waals surface area (Å²) < 4.78 is 5.47. The molecule has 0 radical (unpaired) electrons. The maximum Gasteiger partial charge on any atom is 0.272 e. The number of benzene rings is 1. The number of para-hydroxylation sites is 1. The van der Waals surface area contributed by atoms with Crippen molar-refractivity contribution in [1.82, 2.24) is 19.8 Å². The molecule has 1 unspecified atom stereocenters. The Labute approximate surface area is 173 Å². The van der Waals surface area contributed by atoms with Crippen molar-refractivity contribution >= 4 is 5.91 Å². The average Bonchev–Trinajstić information content (AvgIpc) is 2.71. The Hall–Kier alpha value is -2.47. The second kappa shape index (κ2) is 9.83. The van der Waals surface area contributed by atoms with Gasteiger partial charge in [-0.1, -0.05) is 18.2 Å².